The molecule has 1 aromatic rings. The molecule has 1 saturated heterocycles. The molecule has 1 atom stereocenters. The topological polar surface area (TPSA) is 85.2 Å². The standard InChI is InChI=1S/C14H16N4O2S/c1-7(2)16-13-8(6-15)10-11(21-13)14(20)18-5-3-4-9(18)12(19)17-10/h7,9,16H,3-5H2,1-2H3,(H,17,19)/t9-/m1/s1. The van der Waals surface area contributed by atoms with Crippen LogP contribution in [0.15, 0.2) is 0 Å². The zero-order valence-electron chi connectivity index (χ0n) is 11.9. The number of fused-ring (bicyclic) bond motifs is 2. The van der Waals surface area contributed by atoms with E-state index in [9.17, 15) is 14.9 Å². The van der Waals surface area contributed by atoms with Crippen LogP contribution in [0, 0.1) is 11.3 Å². The van der Waals surface area contributed by atoms with E-state index in [0.717, 1.165) is 6.42 Å². The second-order valence-electron chi connectivity index (χ2n) is 5.57. The highest BCUT2D eigenvalue weighted by molar-refractivity contribution is 7.19. The monoisotopic (exact) mass is 304 g/mol. The Morgan fingerprint density at radius 1 is 1.48 bits per heavy atom. The van der Waals surface area contributed by atoms with Crippen LogP contribution in [-0.4, -0.2) is 35.3 Å². The highest BCUT2D eigenvalue weighted by Crippen LogP contribution is 2.41. The van der Waals surface area contributed by atoms with Crippen LogP contribution in [0.1, 0.15) is 41.9 Å². The third-order valence-electron chi connectivity index (χ3n) is 3.70. The lowest BCUT2D eigenvalue weighted by Crippen LogP contribution is -2.40. The average Bonchev–Trinajstić information content (AvgIpc) is 3.00. The van der Waals surface area contributed by atoms with E-state index in [1.54, 1.807) is 4.90 Å². The molecule has 21 heavy (non-hydrogen) atoms. The molecule has 6 nitrogen and oxygen atoms in total. The minimum atomic E-state index is -0.398. The van der Waals surface area contributed by atoms with Crippen molar-refractivity contribution in [1.29, 1.82) is 5.26 Å². The number of nitriles is 1. The first-order valence-electron chi connectivity index (χ1n) is 6.98. The van der Waals surface area contributed by atoms with E-state index in [0.29, 0.717) is 34.1 Å². The lowest BCUT2D eigenvalue weighted by atomic mass is 10.2. The van der Waals surface area contributed by atoms with Crippen molar-refractivity contribution in [3.8, 4) is 6.07 Å². The fourth-order valence-electron chi connectivity index (χ4n) is 2.79. The number of carbonyl (C=O) groups excluding carboxylic acids is 2. The largest absolute Gasteiger partial charge is 0.374 e. The lowest BCUT2D eigenvalue weighted by molar-refractivity contribution is -0.119. The molecule has 0 spiro atoms. The van der Waals surface area contributed by atoms with Crippen molar-refractivity contribution >= 4 is 33.8 Å². The Morgan fingerprint density at radius 2 is 2.24 bits per heavy atom. The van der Waals surface area contributed by atoms with Gasteiger partial charge in [0, 0.05) is 12.6 Å². The van der Waals surface area contributed by atoms with Crippen LogP contribution < -0.4 is 10.6 Å². The Bertz CT molecular complexity index is 659. The predicted octanol–water partition coefficient (Wildman–Crippen LogP) is 2.00. The van der Waals surface area contributed by atoms with Crippen molar-refractivity contribution in [1.82, 2.24) is 4.90 Å². The van der Waals surface area contributed by atoms with Gasteiger partial charge in [-0.2, -0.15) is 5.26 Å². The summed E-state index contributed by atoms with van der Waals surface area (Å²) >= 11 is 1.25. The number of carbonyl (C=O) groups is 2. The maximum absolute atomic E-state index is 12.6. The Hall–Kier alpha value is -2.07. The van der Waals surface area contributed by atoms with Gasteiger partial charge in [-0.15, -0.1) is 11.3 Å². The molecular weight excluding hydrogens is 288 g/mol. The number of thiophene rings is 1. The summed E-state index contributed by atoms with van der Waals surface area (Å²) < 4.78 is 0. The summed E-state index contributed by atoms with van der Waals surface area (Å²) in [5, 5.41) is 16.0. The Labute approximate surface area is 126 Å². The maximum Gasteiger partial charge on any atom is 0.266 e. The van der Waals surface area contributed by atoms with Crippen LogP contribution in [0.3, 0.4) is 0 Å². The van der Waals surface area contributed by atoms with E-state index in [1.165, 1.54) is 11.3 Å². The zero-order valence-corrected chi connectivity index (χ0v) is 12.7. The van der Waals surface area contributed by atoms with Gasteiger partial charge in [-0.05, 0) is 26.7 Å². The SMILES string of the molecule is CC(C)Nc1sc2c(c1C#N)NC(=O)[C@H]1CCCN1C2=O. The van der Waals surface area contributed by atoms with Crippen LogP contribution in [0.5, 0.6) is 0 Å². The number of hydrogen-bond donors (Lipinski definition) is 2. The van der Waals surface area contributed by atoms with Crippen molar-refractivity contribution in [2.75, 3.05) is 17.2 Å². The van der Waals surface area contributed by atoms with Crippen molar-refractivity contribution in [2.24, 2.45) is 0 Å². The number of rotatable bonds is 2. The summed E-state index contributed by atoms with van der Waals surface area (Å²) in [6.45, 7) is 4.52. The highest BCUT2D eigenvalue weighted by Gasteiger charge is 2.40. The van der Waals surface area contributed by atoms with Gasteiger partial charge in [-0.25, -0.2) is 0 Å². The predicted molar refractivity (Wildman–Crippen MR) is 80.5 cm³/mol. The number of nitrogens with one attached hydrogen (secondary N) is 2. The van der Waals surface area contributed by atoms with Crippen LogP contribution in [-0.2, 0) is 4.79 Å². The summed E-state index contributed by atoms with van der Waals surface area (Å²) in [4.78, 5) is 27.0. The molecule has 0 unspecified atom stereocenters. The normalized spacial score (nSPS) is 20.7. The van der Waals surface area contributed by atoms with Crippen molar-refractivity contribution in [2.45, 2.75) is 38.8 Å². The van der Waals surface area contributed by atoms with Gasteiger partial charge in [-0.3, -0.25) is 9.59 Å². The van der Waals surface area contributed by atoms with E-state index in [1.807, 2.05) is 13.8 Å². The quantitative estimate of drug-likeness (QED) is 0.875. The smallest absolute Gasteiger partial charge is 0.266 e. The van der Waals surface area contributed by atoms with E-state index in [4.69, 9.17) is 0 Å². The van der Waals surface area contributed by atoms with Gasteiger partial charge in [0.1, 0.15) is 27.6 Å². The summed E-state index contributed by atoms with van der Waals surface area (Å²) in [6.07, 6.45) is 1.53. The fourth-order valence-corrected chi connectivity index (χ4v) is 4.00. The third-order valence-corrected chi connectivity index (χ3v) is 4.81. The molecule has 0 saturated carbocycles. The molecule has 1 fully saturated rings. The van der Waals surface area contributed by atoms with Gasteiger partial charge in [-0.1, -0.05) is 0 Å². The van der Waals surface area contributed by atoms with E-state index < -0.39 is 6.04 Å². The summed E-state index contributed by atoms with van der Waals surface area (Å²) in [5.74, 6) is -0.339. The van der Waals surface area contributed by atoms with Gasteiger partial charge in [0.25, 0.3) is 5.91 Å². The second-order valence-corrected chi connectivity index (χ2v) is 6.59. The molecule has 0 radical (unpaired) electrons. The molecule has 2 aliphatic heterocycles. The highest BCUT2D eigenvalue weighted by atomic mass is 32.1. The molecular formula is C14H16N4O2S. The molecule has 2 N–H and O–H groups in total. The van der Waals surface area contributed by atoms with E-state index in [-0.39, 0.29) is 17.9 Å². The van der Waals surface area contributed by atoms with Gasteiger partial charge >= 0.3 is 0 Å². The first-order chi connectivity index (χ1) is 10.0. The molecule has 7 heteroatoms. The number of nitrogens with zero attached hydrogens (tertiary/aromatic N) is 2. The summed E-state index contributed by atoms with van der Waals surface area (Å²) in [7, 11) is 0. The van der Waals surface area contributed by atoms with Crippen LogP contribution in [0.2, 0.25) is 0 Å². The van der Waals surface area contributed by atoms with E-state index in [2.05, 4.69) is 16.7 Å². The van der Waals surface area contributed by atoms with Crippen LogP contribution in [0.4, 0.5) is 10.7 Å². The fraction of sp³-hybridized carbons (Fsp3) is 0.500. The van der Waals surface area contributed by atoms with Gasteiger partial charge in [0.15, 0.2) is 0 Å². The van der Waals surface area contributed by atoms with Crippen molar-refractivity contribution in [3.63, 3.8) is 0 Å². The molecule has 2 aliphatic rings. The lowest BCUT2D eigenvalue weighted by Gasteiger charge is -2.19. The Morgan fingerprint density at radius 3 is 2.90 bits per heavy atom. The second kappa shape index (κ2) is 5.04. The van der Waals surface area contributed by atoms with Crippen molar-refractivity contribution in [3.05, 3.63) is 10.4 Å². The molecule has 0 aliphatic carbocycles. The van der Waals surface area contributed by atoms with E-state index >= 15 is 0 Å². The minimum absolute atomic E-state index is 0.143. The molecule has 0 bridgehead atoms. The third kappa shape index (κ3) is 2.16. The molecule has 0 aromatic carbocycles. The number of amides is 2. The number of hydrogen-bond acceptors (Lipinski definition) is 5. The summed E-state index contributed by atoms with van der Waals surface area (Å²) in [6, 6.07) is 1.85. The van der Waals surface area contributed by atoms with Crippen LogP contribution in [0.25, 0.3) is 0 Å². The van der Waals surface area contributed by atoms with Gasteiger partial charge in [0.2, 0.25) is 5.91 Å². The molecule has 3 rings (SSSR count). The first kappa shape index (κ1) is 13.9. The molecule has 1 aromatic heterocycles. The minimum Gasteiger partial charge on any atom is -0.374 e. The van der Waals surface area contributed by atoms with Gasteiger partial charge < -0.3 is 15.5 Å². The number of anilines is 2. The molecule has 110 valence electrons. The summed E-state index contributed by atoms with van der Waals surface area (Å²) in [5.41, 5.74) is 0.724. The average molecular weight is 304 g/mol. The zero-order chi connectivity index (χ0) is 15.1. The van der Waals surface area contributed by atoms with Gasteiger partial charge in [0.05, 0.1) is 5.69 Å². The molecule has 3 heterocycles. The van der Waals surface area contributed by atoms with Crippen molar-refractivity contribution < 1.29 is 9.59 Å². The Balaban J connectivity index is 2.10. The van der Waals surface area contributed by atoms with Crippen LogP contribution >= 0.6 is 11.3 Å². The Kier molecular flexibility index (Phi) is 3.33. The molecule has 2 amide bonds. The maximum atomic E-state index is 12.6. The first-order valence-corrected chi connectivity index (χ1v) is 7.79.